The van der Waals surface area contributed by atoms with Crippen molar-refractivity contribution in [2.75, 3.05) is 20.3 Å². The Hall–Kier alpha value is -3.31. The Morgan fingerprint density at radius 1 is 0.857 bits per heavy atom. The number of aliphatic hydroxyl groups excluding tert-OH is 4. The maximum Gasteiger partial charge on any atom is 0.310 e. The number of carbonyl (C=O) groups is 2. The van der Waals surface area contributed by atoms with Crippen molar-refractivity contribution in [3.63, 3.8) is 0 Å². The van der Waals surface area contributed by atoms with E-state index in [-0.39, 0.29) is 31.7 Å². The molecule has 14 atom stereocenters. The number of aliphatic hydroxyl groups is 4. The molecule has 18 nitrogen and oxygen atoms in total. The van der Waals surface area contributed by atoms with E-state index in [4.69, 9.17) is 68.7 Å². The van der Waals surface area contributed by atoms with Crippen LogP contribution in [0.3, 0.4) is 0 Å². The molecule has 0 unspecified atom stereocenters. The van der Waals surface area contributed by atoms with Gasteiger partial charge in [0.1, 0.15) is 49.0 Å². The number of aromatic nitrogens is 1. The third kappa shape index (κ3) is 8.59. The van der Waals surface area contributed by atoms with Gasteiger partial charge in [0, 0.05) is 40.3 Å². The molecule has 0 bridgehead atoms. The molecule has 0 radical (unpaired) electrons. The van der Waals surface area contributed by atoms with E-state index < -0.39 is 98.2 Å². The van der Waals surface area contributed by atoms with Gasteiger partial charge in [-0.15, -0.1) is 0 Å². The van der Waals surface area contributed by atoms with E-state index in [0.29, 0.717) is 38.5 Å². The Bertz CT molecular complexity index is 1850. The minimum absolute atomic E-state index is 0.00848. The second kappa shape index (κ2) is 17.7. The minimum Gasteiger partial charge on any atom is -0.497 e. The lowest BCUT2D eigenvalue weighted by Crippen LogP contribution is -2.68. The minimum atomic E-state index is -1.59. The van der Waals surface area contributed by atoms with E-state index in [0.717, 1.165) is 0 Å². The molecule has 308 valence electrons. The first-order valence-corrected chi connectivity index (χ1v) is 18.7. The van der Waals surface area contributed by atoms with Crippen LogP contribution in [0.4, 0.5) is 0 Å². The van der Waals surface area contributed by atoms with Crippen LogP contribution in [-0.2, 0) is 34.9 Å². The van der Waals surface area contributed by atoms with Gasteiger partial charge in [-0.2, -0.15) is 0 Å². The van der Waals surface area contributed by atoms with Gasteiger partial charge in [-0.1, -0.05) is 11.6 Å². The van der Waals surface area contributed by atoms with E-state index in [9.17, 15) is 30.0 Å². The molecule has 2 saturated heterocycles. The lowest BCUT2D eigenvalue weighted by atomic mass is 9.84. The SMILES string of the molecule is COc1ccc2c(c1)c(CC(=O)OC[C@H]1O[C@H](O[C@@H]3[C@@H](O)[C@H](O[C@H]4O[C@H](CN)[C@@H](O)C[C@H]4N)[C@@H](N)C[C@H]3N)[C@H](O)[C@@H](N)[C@@H]1O)c(C)n2C(=O)c1ccc(Cl)cc1. The van der Waals surface area contributed by atoms with Gasteiger partial charge in [-0.3, -0.25) is 14.2 Å². The van der Waals surface area contributed by atoms with Crippen molar-refractivity contribution in [1.29, 1.82) is 0 Å². The lowest BCUT2D eigenvalue weighted by molar-refractivity contribution is -0.315. The smallest absolute Gasteiger partial charge is 0.310 e. The van der Waals surface area contributed by atoms with Crippen molar-refractivity contribution in [1.82, 2.24) is 4.57 Å². The number of fused-ring (bicyclic) bond motifs is 1. The summed E-state index contributed by atoms with van der Waals surface area (Å²) in [4.78, 5) is 27.1. The summed E-state index contributed by atoms with van der Waals surface area (Å²) in [6.45, 7) is 1.23. The van der Waals surface area contributed by atoms with Crippen LogP contribution in [0.2, 0.25) is 5.02 Å². The fourth-order valence-electron chi connectivity index (χ4n) is 7.58. The van der Waals surface area contributed by atoms with Crippen LogP contribution >= 0.6 is 11.6 Å². The number of nitrogens with zero attached hydrogens (tertiary/aromatic N) is 1. The van der Waals surface area contributed by atoms with Gasteiger partial charge >= 0.3 is 5.97 Å². The summed E-state index contributed by atoms with van der Waals surface area (Å²) >= 11 is 6.04. The highest BCUT2D eigenvalue weighted by molar-refractivity contribution is 6.30. The monoisotopic (exact) mass is 806 g/mol. The fourth-order valence-corrected chi connectivity index (χ4v) is 7.71. The average Bonchev–Trinajstić information content (AvgIpc) is 3.44. The molecule has 19 heteroatoms. The molecule has 0 spiro atoms. The number of hydrogen-bond donors (Lipinski definition) is 9. The first kappa shape index (κ1) is 42.3. The van der Waals surface area contributed by atoms with Gasteiger partial charge in [0.2, 0.25) is 0 Å². The predicted octanol–water partition coefficient (Wildman–Crippen LogP) is -1.89. The fraction of sp³-hybridized carbons (Fsp3) is 0.568. The van der Waals surface area contributed by atoms with Gasteiger partial charge in [0.25, 0.3) is 5.91 Å². The Kier molecular flexibility index (Phi) is 13.3. The number of esters is 1. The van der Waals surface area contributed by atoms with E-state index in [2.05, 4.69) is 0 Å². The van der Waals surface area contributed by atoms with Crippen molar-refractivity contribution < 1.29 is 58.4 Å². The summed E-state index contributed by atoms with van der Waals surface area (Å²) in [5.41, 5.74) is 32.7. The van der Waals surface area contributed by atoms with E-state index in [1.54, 1.807) is 49.4 Å². The van der Waals surface area contributed by atoms with Gasteiger partial charge in [0.15, 0.2) is 12.6 Å². The van der Waals surface area contributed by atoms with Crippen molar-refractivity contribution in [2.24, 2.45) is 28.7 Å². The van der Waals surface area contributed by atoms with Crippen LogP contribution in [0.15, 0.2) is 42.5 Å². The molecule has 2 aromatic carbocycles. The number of halogens is 1. The molecule has 3 fully saturated rings. The third-order valence-electron chi connectivity index (χ3n) is 10.8. The highest BCUT2D eigenvalue weighted by atomic mass is 35.5. The quantitative estimate of drug-likeness (QED) is 0.0957. The van der Waals surface area contributed by atoms with Crippen molar-refractivity contribution in [2.45, 2.75) is 112 Å². The van der Waals surface area contributed by atoms with Crippen LogP contribution in [0, 0.1) is 6.92 Å². The van der Waals surface area contributed by atoms with Gasteiger partial charge < -0.3 is 77.5 Å². The Labute approximate surface area is 327 Å². The van der Waals surface area contributed by atoms with E-state index in [1.807, 2.05) is 0 Å². The normalized spacial score (nSPS) is 35.0. The number of hydrogen-bond acceptors (Lipinski definition) is 17. The maximum absolute atomic E-state index is 13.7. The van der Waals surface area contributed by atoms with Crippen molar-refractivity contribution in [3.8, 4) is 5.75 Å². The standard InChI is InChI=1S/C37H51ClN6O12/c1-15-19(20-9-18(51-2)7-8-24(20)44(15)35(50)16-3-5-17(38)6-4-16)10-28(46)52-14-27-30(47)29(43)31(48)37(54-27)56-34-22(41)11-21(40)33(32(34)49)55-36-23(42)12-25(45)26(13-39)53-36/h3-9,21-23,25-27,29-34,36-37,45,47-49H,10-14,39-43H2,1-2H3/t21-,22+,23+,25-,26+,27+,29-,30+,31+,32-,33+,34-,36+,37+/m0/s1. The molecule has 2 aliphatic heterocycles. The molecule has 1 aliphatic carbocycles. The molecule has 14 N–H and O–H groups in total. The lowest BCUT2D eigenvalue weighted by Gasteiger charge is -2.47. The Balaban J connectivity index is 1.14. The molecule has 3 heterocycles. The number of carbonyl (C=O) groups excluding carboxylic acids is 2. The molecule has 6 rings (SSSR count). The highest BCUT2D eigenvalue weighted by Gasteiger charge is 2.50. The summed E-state index contributed by atoms with van der Waals surface area (Å²) in [7, 11) is 1.50. The number of nitrogens with two attached hydrogens (primary N) is 5. The van der Waals surface area contributed by atoms with E-state index in [1.165, 1.54) is 11.7 Å². The molecular formula is C37H51ClN6O12. The zero-order chi connectivity index (χ0) is 40.6. The summed E-state index contributed by atoms with van der Waals surface area (Å²) in [5.74, 6) is -0.540. The van der Waals surface area contributed by atoms with Crippen LogP contribution in [0.25, 0.3) is 10.9 Å². The Morgan fingerprint density at radius 3 is 2.14 bits per heavy atom. The van der Waals surface area contributed by atoms with Crippen LogP contribution in [0.1, 0.15) is 34.5 Å². The average molecular weight is 807 g/mol. The largest absolute Gasteiger partial charge is 0.497 e. The summed E-state index contributed by atoms with van der Waals surface area (Å²) in [5, 5.41) is 44.6. The van der Waals surface area contributed by atoms with Crippen LogP contribution in [-0.4, -0.2) is 143 Å². The van der Waals surface area contributed by atoms with Crippen molar-refractivity contribution >= 4 is 34.4 Å². The van der Waals surface area contributed by atoms with Crippen molar-refractivity contribution in [3.05, 3.63) is 64.3 Å². The summed E-state index contributed by atoms with van der Waals surface area (Å²) < 4.78 is 36.2. The number of benzene rings is 2. The molecule has 3 aliphatic rings. The first-order valence-electron chi connectivity index (χ1n) is 18.3. The molecule has 56 heavy (non-hydrogen) atoms. The van der Waals surface area contributed by atoms with Gasteiger partial charge in [0.05, 0.1) is 43.3 Å². The zero-order valence-electron chi connectivity index (χ0n) is 30.9. The zero-order valence-corrected chi connectivity index (χ0v) is 31.7. The highest BCUT2D eigenvalue weighted by Crippen LogP contribution is 2.33. The summed E-state index contributed by atoms with van der Waals surface area (Å²) in [6.07, 6.45) is -12.4. The van der Waals surface area contributed by atoms with E-state index >= 15 is 0 Å². The Morgan fingerprint density at radius 2 is 1.50 bits per heavy atom. The second-order valence-electron chi connectivity index (χ2n) is 14.6. The number of ether oxygens (including phenoxy) is 6. The molecule has 3 aromatic rings. The second-order valence-corrected chi connectivity index (χ2v) is 15.0. The number of methoxy groups -OCH3 is 1. The number of rotatable bonds is 11. The summed E-state index contributed by atoms with van der Waals surface area (Å²) in [6, 6.07) is 7.89. The molecular weight excluding hydrogens is 756 g/mol. The molecule has 1 aromatic heterocycles. The van der Waals surface area contributed by atoms with Crippen LogP contribution < -0.4 is 33.4 Å². The van der Waals surface area contributed by atoms with Gasteiger partial charge in [-0.25, -0.2) is 0 Å². The van der Waals surface area contributed by atoms with Gasteiger partial charge in [-0.05, 0) is 67.8 Å². The topological polar surface area (TPSA) is 305 Å². The molecule has 0 amide bonds. The maximum atomic E-state index is 13.7. The third-order valence-corrected chi connectivity index (χ3v) is 11.1. The first-order chi connectivity index (χ1) is 26.6. The predicted molar refractivity (Wildman–Crippen MR) is 200 cm³/mol. The van der Waals surface area contributed by atoms with Crippen LogP contribution in [0.5, 0.6) is 5.75 Å². The molecule has 1 saturated carbocycles.